The predicted molar refractivity (Wildman–Crippen MR) is 68.6 cm³/mol. The minimum absolute atomic E-state index is 0.247. The fraction of sp³-hybridized carbons (Fsp3) is 0.500. The smallest absolute Gasteiger partial charge is 0.410 e. The molecular weight excluding hydrogens is 246 g/mol. The average Bonchev–Trinajstić information content (AvgIpc) is 2.44. The molecule has 5 nitrogen and oxygen atoms in total. The van der Waals surface area contributed by atoms with Crippen LogP contribution in [0.4, 0.5) is 4.79 Å². The van der Waals surface area contributed by atoms with Crippen molar-refractivity contribution >= 4 is 6.09 Å². The molecule has 0 saturated heterocycles. The maximum atomic E-state index is 11.7. The Kier molecular flexibility index (Phi) is 3.19. The molecule has 0 aliphatic carbocycles. The summed E-state index contributed by atoms with van der Waals surface area (Å²) in [6.45, 7) is 4.66. The van der Waals surface area contributed by atoms with Crippen molar-refractivity contribution in [1.82, 2.24) is 4.90 Å². The number of benzene rings is 1. The summed E-state index contributed by atoms with van der Waals surface area (Å²) in [7, 11) is 0. The lowest BCUT2D eigenvalue weighted by Crippen LogP contribution is -2.36. The summed E-state index contributed by atoms with van der Waals surface area (Å²) in [5.41, 5.74) is 2.34. The highest BCUT2D eigenvalue weighted by molar-refractivity contribution is 5.68. The van der Waals surface area contributed by atoms with E-state index in [0.717, 1.165) is 23.5 Å². The van der Waals surface area contributed by atoms with Gasteiger partial charge in [0.2, 0.25) is 0 Å². The van der Waals surface area contributed by atoms with E-state index >= 15 is 0 Å². The third-order valence-electron chi connectivity index (χ3n) is 3.40. The van der Waals surface area contributed by atoms with Gasteiger partial charge in [-0.2, -0.15) is 0 Å². The fourth-order valence-corrected chi connectivity index (χ4v) is 2.46. The van der Waals surface area contributed by atoms with Crippen molar-refractivity contribution in [3.05, 3.63) is 23.3 Å². The Hall–Kier alpha value is -1.91. The first kappa shape index (κ1) is 12.1. The van der Waals surface area contributed by atoms with Gasteiger partial charge < -0.3 is 19.1 Å². The van der Waals surface area contributed by atoms with Crippen molar-refractivity contribution in [2.75, 3.05) is 26.4 Å². The molecule has 19 heavy (non-hydrogen) atoms. The van der Waals surface area contributed by atoms with Gasteiger partial charge in [0.25, 0.3) is 0 Å². The molecule has 0 aromatic heterocycles. The van der Waals surface area contributed by atoms with Gasteiger partial charge in [-0.15, -0.1) is 0 Å². The van der Waals surface area contributed by atoms with Gasteiger partial charge in [-0.05, 0) is 36.6 Å². The molecule has 0 radical (unpaired) electrons. The van der Waals surface area contributed by atoms with E-state index in [1.807, 2.05) is 19.1 Å². The molecular formula is C14H17NO4. The number of carbonyl (C=O) groups is 1. The van der Waals surface area contributed by atoms with Crippen LogP contribution in [0.15, 0.2) is 12.1 Å². The number of fused-ring (bicyclic) bond motifs is 2. The van der Waals surface area contributed by atoms with E-state index in [2.05, 4.69) is 0 Å². The molecule has 5 heteroatoms. The highest BCUT2D eigenvalue weighted by atomic mass is 16.6. The first-order valence-corrected chi connectivity index (χ1v) is 6.61. The summed E-state index contributed by atoms with van der Waals surface area (Å²) in [4.78, 5) is 13.5. The molecule has 102 valence electrons. The largest absolute Gasteiger partial charge is 0.486 e. The van der Waals surface area contributed by atoms with Crippen molar-refractivity contribution in [1.29, 1.82) is 0 Å². The standard InChI is InChI=1S/C14H17NO4/c1-2-17-14(16)15-4-3-10-7-12-13(8-11(10)9-15)19-6-5-18-12/h7-8H,2-6,9H2,1H3. The molecule has 2 aliphatic rings. The number of carbonyl (C=O) groups excluding carboxylic acids is 1. The molecule has 2 heterocycles. The second kappa shape index (κ2) is 4.99. The first-order valence-electron chi connectivity index (χ1n) is 6.61. The summed E-state index contributed by atoms with van der Waals surface area (Å²) in [6, 6.07) is 4.02. The quantitative estimate of drug-likeness (QED) is 0.777. The highest BCUT2D eigenvalue weighted by Gasteiger charge is 2.24. The summed E-state index contributed by atoms with van der Waals surface area (Å²) in [5.74, 6) is 1.59. The van der Waals surface area contributed by atoms with Gasteiger partial charge in [0.05, 0.1) is 6.61 Å². The molecule has 0 N–H and O–H groups in total. The predicted octanol–water partition coefficient (Wildman–Crippen LogP) is 1.97. The highest BCUT2D eigenvalue weighted by Crippen LogP contribution is 2.35. The summed E-state index contributed by atoms with van der Waals surface area (Å²) in [5, 5.41) is 0. The molecule has 0 saturated carbocycles. The molecule has 1 aromatic rings. The molecule has 0 fully saturated rings. The minimum atomic E-state index is -0.247. The third-order valence-corrected chi connectivity index (χ3v) is 3.40. The van der Waals surface area contributed by atoms with Crippen molar-refractivity contribution in [3.8, 4) is 11.5 Å². The van der Waals surface area contributed by atoms with E-state index in [4.69, 9.17) is 14.2 Å². The lowest BCUT2D eigenvalue weighted by Gasteiger charge is -2.29. The number of ether oxygens (including phenoxy) is 3. The third kappa shape index (κ3) is 2.32. The Morgan fingerprint density at radius 1 is 1.26 bits per heavy atom. The maximum absolute atomic E-state index is 11.7. The molecule has 0 bridgehead atoms. The number of nitrogens with zero attached hydrogens (tertiary/aromatic N) is 1. The normalized spacial score (nSPS) is 16.8. The molecule has 2 aliphatic heterocycles. The zero-order valence-electron chi connectivity index (χ0n) is 11.0. The lowest BCUT2D eigenvalue weighted by atomic mass is 9.99. The van der Waals surface area contributed by atoms with E-state index in [0.29, 0.717) is 32.9 Å². The number of amides is 1. The van der Waals surface area contributed by atoms with Gasteiger partial charge in [-0.25, -0.2) is 4.79 Å². The lowest BCUT2D eigenvalue weighted by molar-refractivity contribution is 0.102. The van der Waals surface area contributed by atoms with Crippen molar-refractivity contribution in [3.63, 3.8) is 0 Å². The van der Waals surface area contributed by atoms with E-state index < -0.39 is 0 Å². The topological polar surface area (TPSA) is 48.0 Å². The van der Waals surface area contributed by atoms with Crippen LogP contribution >= 0.6 is 0 Å². The molecule has 0 atom stereocenters. The monoisotopic (exact) mass is 263 g/mol. The van der Waals surface area contributed by atoms with E-state index in [9.17, 15) is 4.79 Å². The SMILES string of the molecule is CCOC(=O)N1CCc2cc3c(cc2C1)OCCO3. The maximum Gasteiger partial charge on any atom is 0.410 e. The van der Waals surface area contributed by atoms with Crippen LogP contribution in [-0.2, 0) is 17.7 Å². The average molecular weight is 263 g/mol. The van der Waals surface area contributed by atoms with Gasteiger partial charge in [0.1, 0.15) is 13.2 Å². The molecule has 1 aromatic carbocycles. The van der Waals surface area contributed by atoms with Gasteiger partial charge in [-0.3, -0.25) is 0 Å². The summed E-state index contributed by atoms with van der Waals surface area (Å²) < 4.78 is 16.2. The number of hydrogen-bond acceptors (Lipinski definition) is 4. The zero-order valence-corrected chi connectivity index (χ0v) is 11.0. The first-order chi connectivity index (χ1) is 9.28. The second-order valence-corrected chi connectivity index (χ2v) is 4.64. The Labute approximate surface area is 112 Å². The minimum Gasteiger partial charge on any atom is -0.486 e. The van der Waals surface area contributed by atoms with Crippen LogP contribution in [0, 0.1) is 0 Å². The zero-order chi connectivity index (χ0) is 13.2. The van der Waals surface area contributed by atoms with Crippen LogP contribution in [0.3, 0.4) is 0 Å². The van der Waals surface area contributed by atoms with Crippen LogP contribution in [-0.4, -0.2) is 37.4 Å². The van der Waals surface area contributed by atoms with Gasteiger partial charge in [-0.1, -0.05) is 0 Å². The number of rotatable bonds is 1. The van der Waals surface area contributed by atoms with Crippen molar-refractivity contribution in [2.45, 2.75) is 19.9 Å². The van der Waals surface area contributed by atoms with Crippen LogP contribution < -0.4 is 9.47 Å². The summed E-state index contributed by atoms with van der Waals surface area (Å²) >= 11 is 0. The Balaban J connectivity index is 1.82. The Morgan fingerprint density at radius 3 is 2.63 bits per heavy atom. The molecule has 3 rings (SSSR count). The number of hydrogen-bond donors (Lipinski definition) is 0. The Morgan fingerprint density at radius 2 is 1.95 bits per heavy atom. The van der Waals surface area contributed by atoms with E-state index in [1.54, 1.807) is 4.90 Å². The van der Waals surface area contributed by atoms with Crippen LogP contribution in [0.25, 0.3) is 0 Å². The van der Waals surface area contributed by atoms with Crippen LogP contribution in [0.1, 0.15) is 18.1 Å². The Bertz CT molecular complexity index is 500. The summed E-state index contributed by atoms with van der Waals surface area (Å²) in [6.07, 6.45) is 0.577. The van der Waals surface area contributed by atoms with Gasteiger partial charge in [0.15, 0.2) is 11.5 Å². The van der Waals surface area contributed by atoms with E-state index in [1.165, 1.54) is 5.56 Å². The van der Waals surface area contributed by atoms with E-state index in [-0.39, 0.29) is 6.09 Å². The van der Waals surface area contributed by atoms with Crippen LogP contribution in [0.5, 0.6) is 11.5 Å². The fourth-order valence-electron chi connectivity index (χ4n) is 2.46. The van der Waals surface area contributed by atoms with Crippen molar-refractivity contribution < 1.29 is 19.0 Å². The molecule has 1 amide bonds. The van der Waals surface area contributed by atoms with Crippen molar-refractivity contribution in [2.24, 2.45) is 0 Å². The van der Waals surface area contributed by atoms with Gasteiger partial charge >= 0.3 is 6.09 Å². The van der Waals surface area contributed by atoms with Crippen LogP contribution in [0.2, 0.25) is 0 Å². The molecule has 0 unspecified atom stereocenters. The van der Waals surface area contributed by atoms with Gasteiger partial charge in [0, 0.05) is 13.1 Å². The second-order valence-electron chi connectivity index (χ2n) is 4.64. The molecule has 0 spiro atoms.